The van der Waals surface area contributed by atoms with Gasteiger partial charge >= 0.3 is 0 Å². The van der Waals surface area contributed by atoms with Crippen molar-refractivity contribution in [1.82, 2.24) is 15.0 Å². The standard InChI is InChI=1S/C13H16N4O2/c1-2-19-11-5-3-4-10(8-11)13(18)12-9-17(7-6-14)16-15-12/h3-5,8-9H,2,6-7,14H2,1H3. The third-order valence-electron chi connectivity index (χ3n) is 2.54. The van der Waals surface area contributed by atoms with Crippen LogP contribution in [-0.2, 0) is 6.54 Å². The Hall–Kier alpha value is -2.21. The molecule has 2 aromatic rings. The molecule has 0 fully saturated rings. The Morgan fingerprint density at radius 3 is 3.05 bits per heavy atom. The Bertz CT molecular complexity index is 565. The second-order valence-corrected chi connectivity index (χ2v) is 3.95. The molecule has 0 aliphatic carbocycles. The summed E-state index contributed by atoms with van der Waals surface area (Å²) in [4.78, 5) is 12.2. The summed E-state index contributed by atoms with van der Waals surface area (Å²) in [5.41, 5.74) is 6.26. The van der Waals surface area contributed by atoms with Gasteiger partial charge in [0.15, 0.2) is 5.69 Å². The van der Waals surface area contributed by atoms with Gasteiger partial charge in [0.05, 0.1) is 19.3 Å². The van der Waals surface area contributed by atoms with E-state index >= 15 is 0 Å². The van der Waals surface area contributed by atoms with Gasteiger partial charge in [0, 0.05) is 12.1 Å². The van der Waals surface area contributed by atoms with Crippen LogP contribution in [0, 0.1) is 0 Å². The lowest BCUT2D eigenvalue weighted by atomic mass is 10.1. The monoisotopic (exact) mass is 260 g/mol. The molecule has 100 valence electrons. The zero-order valence-electron chi connectivity index (χ0n) is 10.7. The van der Waals surface area contributed by atoms with Gasteiger partial charge in [-0.05, 0) is 19.1 Å². The highest BCUT2D eigenvalue weighted by Gasteiger charge is 2.13. The number of carbonyl (C=O) groups is 1. The van der Waals surface area contributed by atoms with Crippen molar-refractivity contribution < 1.29 is 9.53 Å². The van der Waals surface area contributed by atoms with E-state index in [0.29, 0.717) is 36.7 Å². The summed E-state index contributed by atoms with van der Waals surface area (Å²) < 4.78 is 6.92. The second kappa shape index (κ2) is 6.10. The quantitative estimate of drug-likeness (QED) is 0.779. The number of ketones is 1. The summed E-state index contributed by atoms with van der Waals surface area (Å²) in [6.07, 6.45) is 1.60. The molecule has 0 atom stereocenters. The number of nitrogens with zero attached hydrogens (tertiary/aromatic N) is 3. The number of hydrogen-bond acceptors (Lipinski definition) is 5. The predicted molar refractivity (Wildman–Crippen MR) is 70.1 cm³/mol. The molecule has 1 aromatic heterocycles. The summed E-state index contributed by atoms with van der Waals surface area (Å²) in [6, 6.07) is 7.02. The maximum atomic E-state index is 12.2. The van der Waals surface area contributed by atoms with Gasteiger partial charge < -0.3 is 10.5 Å². The molecule has 6 nitrogen and oxygen atoms in total. The van der Waals surface area contributed by atoms with Crippen LogP contribution in [-0.4, -0.2) is 33.9 Å². The smallest absolute Gasteiger partial charge is 0.215 e. The minimum atomic E-state index is -0.176. The summed E-state index contributed by atoms with van der Waals surface area (Å²) in [5, 5.41) is 7.70. The molecule has 1 aromatic carbocycles. The summed E-state index contributed by atoms with van der Waals surface area (Å²) in [5.74, 6) is 0.493. The Morgan fingerprint density at radius 1 is 1.47 bits per heavy atom. The molecule has 0 amide bonds. The largest absolute Gasteiger partial charge is 0.494 e. The summed E-state index contributed by atoms with van der Waals surface area (Å²) in [6.45, 7) is 3.45. The van der Waals surface area contributed by atoms with Gasteiger partial charge in [0.2, 0.25) is 5.78 Å². The van der Waals surface area contributed by atoms with Crippen molar-refractivity contribution in [2.24, 2.45) is 5.73 Å². The molecule has 6 heteroatoms. The van der Waals surface area contributed by atoms with Crippen LogP contribution in [0.15, 0.2) is 30.5 Å². The molecule has 0 bridgehead atoms. The van der Waals surface area contributed by atoms with Gasteiger partial charge in [0.25, 0.3) is 0 Å². The Morgan fingerprint density at radius 2 is 2.32 bits per heavy atom. The number of aromatic nitrogens is 3. The predicted octanol–water partition coefficient (Wildman–Crippen LogP) is 0.866. The number of benzene rings is 1. The van der Waals surface area contributed by atoms with Crippen molar-refractivity contribution in [3.63, 3.8) is 0 Å². The van der Waals surface area contributed by atoms with Gasteiger partial charge in [-0.2, -0.15) is 0 Å². The van der Waals surface area contributed by atoms with Crippen LogP contribution in [0.1, 0.15) is 23.0 Å². The van der Waals surface area contributed by atoms with Crippen LogP contribution >= 0.6 is 0 Å². The van der Waals surface area contributed by atoms with Crippen molar-refractivity contribution in [3.8, 4) is 5.75 Å². The molecule has 0 saturated carbocycles. The first-order valence-electron chi connectivity index (χ1n) is 6.12. The average Bonchev–Trinajstić information content (AvgIpc) is 2.88. The number of hydrogen-bond donors (Lipinski definition) is 1. The van der Waals surface area contributed by atoms with Crippen molar-refractivity contribution in [3.05, 3.63) is 41.7 Å². The van der Waals surface area contributed by atoms with Crippen LogP contribution < -0.4 is 10.5 Å². The molecular formula is C13H16N4O2. The molecule has 0 aliphatic heterocycles. The van der Waals surface area contributed by atoms with E-state index in [9.17, 15) is 4.79 Å². The van der Waals surface area contributed by atoms with Crippen molar-refractivity contribution in [1.29, 1.82) is 0 Å². The normalized spacial score (nSPS) is 10.4. The zero-order valence-corrected chi connectivity index (χ0v) is 10.7. The van der Waals surface area contributed by atoms with Gasteiger partial charge in [-0.25, -0.2) is 0 Å². The van der Waals surface area contributed by atoms with E-state index < -0.39 is 0 Å². The second-order valence-electron chi connectivity index (χ2n) is 3.95. The molecule has 2 N–H and O–H groups in total. The fourth-order valence-corrected chi connectivity index (χ4v) is 1.69. The highest BCUT2D eigenvalue weighted by Crippen LogP contribution is 2.15. The third-order valence-corrected chi connectivity index (χ3v) is 2.54. The first kappa shape index (κ1) is 13.2. The maximum absolute atomic E-state index is 12.2. The number of ether oxygens (including phenoxy) is 1. The Kier molecular flexibility index (Phi) is 4.25. The fourth-order valence-electron chi connectivity index (χ4n) is 1.69. The van der Waals surface area contributed by atoms with Crippen LogP contribution in [0.5, 0.6) is 5.75 Å². The van der Waals surface area contributed by atoms with Crippen LogP contribution in [0.25, 0.3) is 0 Å². The van der Waals surface area contributed by atoms with Gasteiger partial charge in [-0.1, -0.05) is 17.3 Å². The molecule has 0 spiro atoms. The summed E-state index contributed by atoms with van der Waals surface area (Å²) in [7, 11) is 0. The highest BCUT2D eigenvalue weighted by atomic mass is 16.5. The van der Waals surface area contributed by atoms with E-state index in [1.165, 1.54) is 0 Å². The van der Waals surface area contributed by atoms with Crippen LogP contribution in [0.3, 0.4) is 0 Å². The molecular weight excluding hydrogens is 244 g/mol. The molecule has 0 aliphatic rings. The number of nitrogens with two attached hydrogens (primary N) is 1. The molecule has 0 radical (unpaired) electrons. The van der Waals surface area contributed by atoms with E-state index in [1.807, 2.05) is 13.0 Å². The highest BCUT2D eigenvalue weighted by molar-refractivity contribution is 6.07. The Balaban J connectivity index is 2.20. The van der Waals surface area contributed by atoms with E-state index in [1.54, 1.807) is 29.1 Å². The fraction of sp³-hybridized carbons (Fsp3) is 0.308. The van der Waals surface area contributed by atoms with E-state index in [4.69, 9.17) is 10.5 Å². The SMILES string of the molecule is CCOc1cccc(C(=O)c2cn(CCN)nn2)c1. The lowest BCUT2D eigenvalue weighted by Crippen LogP contribution is -2.10. The van der Waals surface area contributed by atoms with Crippen LogP contribution in [0.2, 0.25) is 0 Å². The molecule has 2 rings (SSSR count). The van der Waals surface area contributed by atoms with Gasteiger partial charge in [-0.3, -0.25) is 9.48 Å². The van der Waals surface area contributed by atoms with E-state index in [2.05, 4.69) is 10.3 Å². The zero-order chi connectivity index (χ0) is 13.7. The van der Waals surface area contributed by atoms with E-state index in [0.717, 1.165) is 0 Å². The first-order chi connectivity index (χ1) is 9.24. The molecule has 0 unspecified atom stereocenters. The topological polar surface area (TPSA) is 83.0 Å². The Labute approximate surface area is 111 Å². The van der Waals surface area contributed by atoms with Crippen molar-refractivity contribution >= 4 is 5.78 Å². The maximum Gasteiger partial charge on any atom is 0.215 e. The van der Waals surface area contributed by atoms with Gasteiger partial charge in [-0.15, -0.1) is 5.10 Å². The van der Waals surface area contributed by atoms with E-state index in [-0.39, 0.29) is 5.78 Å². The average molecular weight is 260 g/mol. The number of carbonyl (C=O) groups excluding carboxylic acids is 1. The molecule has 19 heavy (non-hydrogen) atoms. The molecule has 1 heterocycles. The molecule has 0 saturated heterocycles. The van der Waals surface area contributed by atoms with Crippen LogP contribution in [0.4, 0.5) is 0 Å². The minimum absolute atomic E-state index is 0.176. The minimum Gasteiger partial charge on any atom is -0.494 e. The van der Waals surface area contributed by atoms with Crippen molar-refractivity contribution in [2.75, 3.05) is 13.2 Å². The first-order valence-corrected chi connectivity index (χ1v) is 6.12. The summed E-state index contributed by atoms with van der Waals surface area (Å²) >= 11 is 0. The third kappa shape index (κ3) is 3.17. The number of rotatable bonds is 6. The van der Waals surface area contributed by atoms with Gasteiger partial charge in [0.1, 0.15) is 5.75 Å². The van der Waals surface area contributed by atoms with Crippen molar-refractivity contribution in [2.45, 2.75) is 13.5 Å². The lowest BCUT2D eigenvalue weighted by molar-refractivity contribution is 0.103. The lowest BCUT2D eigenvalue weighted by Gasteiger charge is -2.04.